The van der Waals surface area contributed by atoms with E-state index in [1.54, 1.807) is 42.9 Å². The van der Waals surface area contributed by atoms with Gasteiger partial charge in [-0.3, -0.25) is 15.0 Å². The molecule has 0 radical (unpaired) electrons. The van der Waals surface area contributed by atoms with E-state index in [-0.39, 0.29) is 12.4 Å². The molecule has 0 saturated heterocycles. The van der Waals surface area contributed by atoms with E-state index in [0.29, 0.717) is 22.7 Å². The van der Waals surface area contributed by atoms with Gasteiger partial charge in [-0.1, -0.05) is 24.3 Å². The molecule has 0 aliphatic rings. The van der Waals surface area contributed by atoms with Gasteiger partial charge in [-0.05, 0) is 36.4 Å². The monoisotopic (exact) mass is 332 g/mol. The fourth-order valence-corrected chi connectivity index (χ4v) is 2.29. The van der Waals surface area contributed by atoms with Crippen LogP contribution in [0.2, 0.25) is 0 Å². The molecule has 4 nitrogen and oxygen atoms in total. The lowest BCUT2D eigenvalue weighted by atomic mass is 10.1. The van der Waals surface area contributed by atoms with Gasteiger partial charge in [0.15, 0.2) is 0 Å². The van der Waals surface area contributed by atoms with Crippen molar-refractivity contribution in [2.45, 2.75) is 6.54 Å². The predicted molar refractivity (Wildman–Crippen MR) is 97.3 cm³/mol. The molecule has 3 rings (SSSR count). The molecule has 5 heteroatoms. The standard InChI is InChI=1S/C20H17FN4/c21-17-8-2-1-6-15(17)14-25-20(16-7-5-10-23-13-16)12-18(22)19-9-3-4-11-24-19/h1-13H,14,22H2. The maximum Gasteiger partial charge on any atom is 0.128 e. The Bertz CT molecular complexity index is 890. The van der Waals surface area contributed by atoms with Crippen molar-refractivity contribution in [3.05, 3.63) is 102 Å². The number of aromatic nitrogens is 2. The molecule has 0 amide bonds. The zero-order valence-electron chi connectivity index (χ0n) is 13.5. The summed E-state index contributed by atoms with van der Waals surface area (Å²) in [4.78, 5) is 12.9. The maximum atomic E-state index is 13.8. The van der Waals surface area contributed by atoms with Crippen molar-refractivity contribution in [3.8, 4) is 0 Å². The first-order valence-electron chi connectivity index (χ1n) is 7.81. The van der Waals surface area contributed by atoms with E-state index >= 15 is 0 Å². The molecule has 2 aromatic heterocycles. The molecule has 2 N–H and O–H groups in total. The van der Waals surface area contributed by atoms with Crippen LogP contribution in [0.5, 0.6) is 0 Å². The van der Waals surface area contributed by atoms with Crippen LogP contribution in [0.4, 0.5) is 4.39 Å². The number of rotatable bonds is 5. The van der Waals surface area contributed by atoms with E-state index in [4.69, 9.17) is 5.73 Å². The van der Waals surface area contributed by atoms with E-state index in [2.05, 4.69) is 15.0 Å². The lowest BCUT2D eigenvalue weighted by Crippen LogP contribution is -2.06. The van der Waals surface area contributed by atoms with Crippen LogP contribution in [-0.2, 0) is 6.54 Å². The number of hydrogen-bond donors (Lipinski definition) is 1. The fourth-order valence-electron chi connectivity index (χ4n) is 2.29. The van der Waals surface area contributed by atoms with Crippen molar-refractivity contribution in [1.29, 1.82) is 0 Å². The lowest BCUT2D eigenvalue weighted by molar-refractivity contribution is 0.611. The molecule has 0 aliphatic heterocycles. The molecule has 2 heterocycles. The first kappa shape index (κ1) is 16.5. The molecule has 0 fully saturated rings. The number of aliphatic imine (C=N–C) groups is 1. The van der Waals surface area contributed by atoms with Crippen LogP contribution in [0, 0.1) is 5.82 Å². The third-order valence-corrected chi connectivity index (χ3v) is 3.59. The second-order valence-electron chi connectivity index (χ2n) is 5.35. The molecule has 0 saturated carbocycles. The summed E-state index contributed by atoms with van der Waals surface area (Å²) in [6.45, 7) is 0.211. The highest BCUT2D eigenvalue weighted by Gasteiger charge is 2.06. The third-order valence-electron chi connectivity index (χ3n) is 3.59. The normalized spacial score (nSPS) is 12.2. The second kappa shape index (κ2) is 7.97. The molecule has 0 atom stereocenters. The Morgan fingerprint density at radius 1 is 1.04 bits per heavy atom. The lowest BCUT2D eigenvalue weighted by Gasteiger charge is -2.06. The number of pyridine rings is 2. The van der Waals surface area contributed by atoms with Crippen molar-refractivity contribution >= 4 is 11.4 Å². The minimum absolute atomic E-state index is 0.211. The summed E-state index contributed by atoms with van der Waals surface area (Å²) < 4.78 is 13.8. The summed E-state index contributed by atoms with van der Waals surface area (Å²) in [7, 11) is 0. The molecule has 0 aliphatic carbocycles. The van der Waals surface area contributed by atoms with E-state index in [0.717, 1.165) is 5.56 Å². The second-order valence-corrected chi connectivity index (χ2v) is 5.35. The molecule has 1 aromatic carbocycles. The van der Waals surface area contributed by atoms with Crippen LogP contribution in [0.1, 0.15) is 16.8 Å². The zero-order chi connectivity index (χ0) is 17.5. The van der Waals surface area contributed by atoms with Gasteiger partial charge in [0.25, 0.3) is 0 Å². The first-order chi connectivity index (χ1) is 12.2. The average Bonchev–Trinajstić information content (AvgIpc) is 2.67. The molecule has 3 aromatic rings. The molecule has 0 bridgehead atoms. The fraction of sp³-hybridized carbons (Fsp3) is 0.0500. The summed E-state index contributed by atoms with van der Waals surface area (Å²) in [6.07, 6.45) is 6.79. The summed E-state index contributed by atoms with van der Waals surface area (Å²) in [5.74, 6) is -0.279. The number of benzene rings is 1. The van der Waals surface area contributed by atoms with Crippen LogP contribution in [0.15, 0.2) is 84.3 Å². The van der Waals surface area contributed by atoms with E-state index < -0.39 is 0 Å². The summed E-state index contributed by atoms with van der Waals surface area (Å²) >= 11 is 0. The highest BCUT2D eigenvalue weighted by molar-refractivity contribution is 6.11. The molecular formula is C20H17FN4. The van der Waals surface area contributed by atoms with E-state index in [1.807, 2.05) is 30.3 Å². The van der Waals surface area contributed by atoms with Crippen molar-refractivity contribution in [2.75, 3.05) is 0 Å². The quantitative estimate of drug-likeness (QED) is 0.726. The van der Waals surface area contributed by atoms with E-state index in [1.165, 1.54) is 6.07 Å². The largest absolute Gasteiger partial charge is 0.397 e. The number of nitrogens with two attached hydrogens (primary N) is 1. The SMILES string of the molecule is NC(=CC(=NCc1ccccc1F)c1cccnc1)c1ccccn1. The Hall–Kier alpha value is -3.34. The number of halogens is 1. The van der Waals surface area contributed by atoms with Gasteiger partial charge < -0.3 is 5.73 Å². The van der Waals surface area contributed by atoms with Crippen molar-refractivity contribution < 1.29 is 4.39 Å². The Morgan fingerprint density at radius 3 is 2.60 bits per heavy atom. The van der Waals surface area contributed by atoms with Crippen molar-refractivity contribution in [2.24, 2.45) is 10.7 Å². The Labute approximate surface area is 145 Å². The molecule has 25 heavy (non-hydrogen) atoms. The topological polar surface area (TPSA) is 64.2 Å². The highest BCUT2D eigenvalue weighted by Crippen LogP contribution is 2.12. The molecule has 124 valence electrons. The maximum absolute atomic E-state index is 13.8. The van der Waals surface area contributed by atoms with Crippen molar-refractivity contribution in [1.82, 2.24) is 9.97 Å². The van der Waals surface area contributed by atoms with Gasteiger partial charge in [-0.15, -0.1) is 0 Å². The van der Waals surface area contributed by atoms with E-state index in [9.17, 15) is 4.39 Å². The summed E-state index contributed by atoms with van der Waals surface area (Å²) in [5, 5.41) is 0. The van der Waals surface area contributed by atoms with Gasteiger partial charge in [0.2, 0.25) is 0 Å². The average molecular weight is 332 g/mol. The van der Waals surface area contributed by atoms with Crippen LogP contribution < -0.4 is 5.73 Å². The van der Waals surface area contributed by atoms with Crippen LogP contribution in [-0.4, -0.2) is 15.7 Å². The first-order valence-corrected chi connectivity index (χ1v) is 7.81. The van der Waals surface area contributed by atoms with Gasteiger partial charge in [0, 0.05) is 29.7 Å². The van der Waals surface area contributed by atoms with Crippen molar-refractivity contribution in [3.63, 3.8) is 0 Å². The number of hydrogen-bond acceptors (Lipinski definition) is 4. The minimum Gasteiger partial charge on any atom is -0.397 e. The number of allylic oxidation sites excluding steroid dienone is 1. The predicted octanol–water partition coefficient (Wildman–Crippen LogP) is 3.60. The molecule has 0 spiro atoms. The van der Waals surface area contributed by atoms with Gasteiger partial charge in [0.1, 0.15) is 5.82 Å². The zero-order valence-corrected chi connectivity index (χ0v) is 13.5. The van der Waals surface area contributed by atoms with Crippen LogP contribution >= 0.6 is 0 Å². The molecular weight excluding hydrogens is 315 g/mol. The number of nitrogens with zero attached hydrogens (tertiary/aromatic N) is 3. The van der Waals surface area contributed by atoms with Crippen LogP contribution in [0.25, 0.3) is 5.70 Å². The van der Waals surface area contributed by atoms with Gasteiger partial charge in [-0.2, -0.15) is 0 Å². The smallest absolute Gasteiger partial charge is 0.128 e. The highest BCUT2D eigenvalue weighted by atomic mass is 19.1. The van der Waals surface area contributed by atoms with Gasteiger partial charge in [0.05, 0.1) is 23.6 Å². The summed E-state index contributed by atoms with van der Waals surface area (Å²) in [6, 6.07) is 15.8. The Balaban J connectivity index is 1.96. The molecule has 0 unspecified atom stereocenters. The third kappa shape index (κ3) is 4.35. The van der Waals surface area contributed by atoms with Crippen LogP contribution in [0.3, 0.4) is 0 Å². The van der Waals surface area contributed by atoms with Gasteiger partial charge in [-0.25, -0.2) is 4.39 Å². The Kier molecular flexibility index (Phi) is 5.26. The summed E-state index contributed by atoms with van der Waals surface area (Å²) in [5.41, 5.74) is 9.25. The Morgan fingerprint density at radius 2 is 1.88 bits per heavy atom. The van der Waals surface area contributed by atoms with Gasteiger partial charge >= 0.3 is 0 Å². The minimum atomic E-state index is -0.279.